The molecule has 1 fully saturated rings. The maximum atomic E-state index is 13.6. The molecule has 4 rings (SSSR count). The molecule has 1 aliphatic rings. The van der Waals surface area contributed by atoms with Crippen molar-refractivity contribution >= 4 is 32.6 Å². The number of benzene rings is 1. The molecule has 3 aromatic rings. The quantitative estimate of drug-likeness (QED) is 0.532. The monoisotopic (exact) mass is 443 g/mol. The van der Waals surface area contributed by atoms with Crippen molar-refractivity contribution in [1.29, 1.82) is 0 Å². The number of aryl methyl sites for hydroxylation is 2. The number of thiazole rings is 1. The second-order valence-electron chi connectivity index (χ2n) is 7.46. The Labute approximate surface area is 186 Å². The van der Waals surface area contributed by atoms with Gasteiger partial charge in [0.25, 0.3) is 5.91 Å². The van der Waals surface area contributed by atoms with Crippen molar-refractivity contribution in [1.82, 2.24) is 19.7 Å². The minimum atomic E-state index is -0.0696. The molecule has 3 heterocycles. The summed E-state index contributed by atoms with van der Waals surface area (Å²) in [5.41, 5.74) is 2.30. The van der Waals surface area contributed by atoms with E-state index in [1.165, 1.54) is 11.3 Å². The van der Waals surface area contributed by atoms with Crippen LogP contribution in [0.15, 0.2) is 24.3 Å². The Bertz CT molecular complexity index is 1040. The van der Waals surface area contributed by atoms with Crippen molar-refractivity contribution in [2.75, 3.05) is 50.9 Å². The van der Waals surface area contributed by atoms with Gasteiger partial charge in [0, 0.05) is 32.7 Å². The van der Waals surface area contributed by atoms with Gasteiger partial charge in [0.1, 0.15) is 11.4 Å². The molecule has 8 nitrogen and oxygen atoms in total. The molecule has 31 heavy (non-hydrogen) atoms. The van der Waals surface area contributed by atoms with E-state index in [2.05, 4.69) is 10.00 Å². The van der Waals surface area contributed by atoms with E-state index in [4.69, 9.17) is 14.5 Å². The molecule has 1 saturated heterocycles. The van der Waals surface area contributed by atoms with Gasteiger partial charge < -0.3 is 9.47 Å². The first kappa shape index (κ1) is 21.7. The topological polar surface area (TPSA) is 72.7 Å². The van der Waals surface area contributed by atoms with Crippen LogP contribution < -0.4 is 9.64 Å². The van der Waals surface area contributed by atoms with Gasteiger partial charge in [-0.3, -0.25) is 19.3 Å². The number of ether oxygens (including phenoxy) is 2. The smallest absolute Gasteiger partial charge is 0.278 e. The van der Waals surface area contributed by atoms with Gasteiger partial charge in [-0.1, -0.05) is 11.3 Å². The Morgan fingerprint density at radius 1 is 1.26 bits per heavy atom. The summed E-state index contributed by atoms with van der Waals surface area (Å²) in [7, 11) is 0. The number of aromatic nitrogens is 3. The standard InChI is InChI=1S/C22H29N5O3S/c1-4-27-19(14-16(3)24-27)21(28)26(9-8-25-10-12-29-13-11-25)22-23-18-7-6-17(30-5-2)15-20(18)31-22/h6-7,14-15H,4-5,8-13H2,1-3H3. The summed E-state index contributed by atoms with van der Waals surface area (Å²) >= 11 is 1.52. The Kier molecular flexibility index (Phi) is 6.84. The molecule has 0 atom stereocenters. The summed E-state index contributed by atoms with van der Waals surface area (Å²) in [6.07, 6.45) is 0. The second kappa shape index (κ2) is 9.76. The predicted molar refractivity (Wildman–Crippen MR) is 122 cm³/mol. The highest BCUT2D eigenvalue weighted by Crippen LogP contribution is 2.32. The van der Waals surface area contributed by atoms with Gasteiger partial charge in [-0.05, 0) is 45.0 Å². The Hall–Kier alpha value is -2.49. The lowest BCUT2D eigenvalue weighted by Gasteiger charge is -2.29. The van der Waals surface area contributed by atoms with Crippen molar-refractivity contribution in [2.45, 2.75) is 27.3 Å². The van der Waals surface area contributed by atoms with Crippen LogP contribution in [0, 0.1) is 6.92 Å². The van der Waals surface area contributed by atoms with Crippen molar-refractivity contribution < 1.29 is 14.3 Å². The van der Waals surface area contributed by atoms with Crippen LogP contribution in [0.4, 0.5) is 5.13 Å². The zero-order valence-electron chi connectivity index (χ0n) is 18.3. The van der Waals surface area contributed by atoms with Crippen LogP contribution in [-0.2, 0) is 11.3 Å². The molecule has 0 bridgehead atoms. The largest absolute Gasteiger partial charge is 0.494 e. The average Bonchev–Trinajstić information content (AvgIpc) is 3.37. The van der Waals surface area contributed by atoms with Crippen LogP contribution in [0.3, 0.4) is 0 Å². The molecule has 0 saturated carbocycles. The first-order valence-corrected chi connectivity index (χ1v) is 11.6. The molecule has 0 unspecified atom stereocenters. The fourth-order valence-electron chi connectivity index (χ4n) is 3.71. The van der Waals surface area contributed by atoms with E-state index in [1.807, 2.05) is 45.0 Å². The maximum absolute atomic E-state index is 13.6. The third-order valence-corrected chi connectivity index (χ3v) is 6.34. The van der Waals surface area contributed by atoms with Gasteiger partial charge in [-0.15, -0.1) is 0 Å². The van der Waals surface area contributed by atoms with E-state index >= 15 is 0 Å². The normalized spacial score (nSPS) is 14.8. The van der Waals surface area contributed by atoms with Crippen LogP contribution in [0.25, 0.3) is 10.2 Å². The fourth-order valence-corrected chi connectivity index (χ4v) is 4.73. The number of nitrogens with zero attached hydrogens (tertiary/aromatic N) is 5. The van der Waals surface area contributed by atoms with Crippen LogP contribution in [-0.4, -0.2) is 71.6 Å². The summed E-state index contributed by atoms with van der Waals surface area (Å²) in [6, 6.07) is 7.72. The number of carbonyl (C=O) groups excluding carboxylic acids is 1. The van der Waals surface area contributed by atoms with Crippen LogP contribution >= 0.6 is 11.3 Å². The molecule has 166 valence electrons. The zero-order valence-corrected chi connectivity index (χ0v) is 19.2. The summed E-state index contributed by atoms with van der Waals surface area (Å²) in [5.74, 6) is 0.746. The summed E-state index contributed by atoms with van der Waals surface area (Å²) < 4.78 is 13.9. The minimum Gasteiger partial charge on any atom is -0.494 e. The molecule has 0 spiro atoms. The Balaban J connectivity index is 1.65. The van der Waals surface area contributed by atoms with Gasteiger partial charge >= 0.3 is 0 Å². The number of rotatable bonds is 8. The molecular formula is C22H29N5O3S. The van der Waals surface area contributed by atoms with E-state index in [0.717, 1.165) is 54.5 Å². The number of morpholine rings is 1. The number of fused-ring (bicyclic) bond motifs is 1. The van der Waals surface area contributed by atoms with E-state index in [0.29, 0.717) is 30.5 Å². The van der Waals surface area contributed by atoms with Crippen LogP contribution in [0.2, 0.25) is 0 Å². The maximum Gasteiger partial charge on any atom is 0.278 e. The molecular weight excluding hydrogens is 414 g/mol. The van der Waals surface area contributed by atoms with E-state index in [1.54, 1.807) is 9.58 Å². The third-order valence-electron chi connectivity index (χ3n) is 5.30. The van der Waals surface area contributed by atoms with Gasteiger partial charge in [-0.2, -0.15) is 5.10 Å². The molecule has 1 aromatic carbocycles. The van der Waals surface area contributed by atoms with Crippen molar-refractivity contribution in [2.24, 2.45) is 0 Å². The summed E-state index contributed by atoms with van der Waals surface area (Å²) in [4.78, 5) is 22.5. The number of hydrogen-bond donors (Lipinski definition) is 0. The van der Waals surface area contributed by atoms with E-state index < -0.39 is 0 Å². The highest BCUT2D eigenvalue weighted by atomic mass is 32.1. The van der Waals surface area contributed by atoms with Gasteiger partial charge in [0.05, 0.1) is 35.7 Å². The van der Waals surface area contributed by atoms with Crippen LogP contribution in [0.1, 0.15) is 30.0 Å². The molecule has 1 aliphatic heterocycles. The first-order chi connectivity index (χ1) is 15.1. The molecule has 2 aromatic heterocycles. The molecule has 0 N–H and O–H groups in total. The Morgan fingerprint density at radius 2 is 2.06 bits per heavy atom. The average molecular weight is 444 g/mol. The van der Waals surface area contributed by atoms with E-state index in [9.17, 15) is 4.79 Å². The Morgan fingerprint density at radius 3 is 2.81 bits per heavy atom. The zero-order chi connectivity index (χ0) is 21.8. The lowest BCUT2D eigenvalue weighted by Crippen LogP contribution is -2.43. The minimum absolute atomic E-state index is 0.0696. The van der Waals surface area contributed by atoms with Crippen molar-refractivity contribution in [3.8, 4) is 5.75 Å². The number of hydrogen-bond acceptors (Lipinski definition) is 7. The lowest BCUT2D eigenvalue weighted by molar-refractivity contribution is 0.0391. The van der Waals surface area contributed by atoms with Crippen molar-refractivity contribution in [3.05, 3.63) is 35.7 Å². The SMILES string of the molecule is CCOc1ccc2nc(N(CCN3CCOCC3)C(=O)c3cc(C)nn3CC)sc2c1. The highest BCUT2D eigenvalue weighted by Gasteiger charge is 2.25. The molecule has 0 aliphatic carbocycles. The van der Waals surface area contributed by atoms with Gasteiger partial charge in [-0.25, -0.2) is 4.98 Å². The molecule has 1 amide bonds. The fraction of sp³-hybridized carbons (Fsp3) is 0.500. The second-order valence-corrected chi connectivity index (χ2v) is 8.47. The van der Waals surface area contributed by atoms with Crippen LogP contribution in [0.5, 0.6) is 5.75 Å². The molecule has 9 heteroatoms. The number of anilines is 1. The van der Waals surface area contributed by atoms with Gasteiger partial charge in [0.2, 0.25) is 0 Å². The van der Waals surface area contributed by atoms with E-state index in [-0.39, 0.29) is 5.91 Å². The number of amides is 1. The lowest BCUT2D eigenvalue weighted by atomic mass is 10.3. The number of carbonyl (C=O) groups is 1. The summed E-state index contributed by atoms with van der Waals surface area (Å²) in [6.45, 7) is 11.7. The van der Waals surface area contributed by atoms with Gasteiger partial charge in [0.15, 0.2) is 5.13 Å². The highest BCUT2D eigenvalue weighted by molar-refractivity contribution is 7.22. The third kappa shape index (κ3) is 4.89. The summed E-state index contributed by atoms with van der Waals surface area (Å²) in [5, 5.41) is 5.16. The first-order valence-electron chi connectivity index (χ1n) is 10.8. The predicted octanol–water partition coefficient (Wildman–Crippen LogP) is 3.20. The molecule has 0 radical (unpaired) electrons. The van der Waals surface area contributed by atoms with Crippen molar-refractivity contribution in [3.63, 3.8) is 0 Å².